The predicted octanol–water partition coefficient (Wildman–Crippen LogP) is 2.51. The Bertz CT molecular complexity index is 961. The molecule has 1 aromatic carbocycles. The average molecular weight is 437 g/mol. The van der Waals surface area contributed by atoms with Crippen LogP contribution in [0.25, 0.3) is 0 Å². The summed E-state index contributed by atoms with van der Waals surface area (Å²) in [5.41, 5.74) is 12.6. The van der Waals surface area contributed by atoms with Gasteiger partial charge in [-0.2, -0.15) is 10.5 Å². The smallest absolute Gasteiger partial charge is 0.235 e. The quantitative estimate of drug-likeness (QED) is 0.598. The topological polar surface area (TPSA) is 132 Å². The van der Waals surface area contributed by atoms with E-state index in [4.69, 9.17) is 11.5 Å². The molecule has 1 amide bonds. The number of nitrogens with one attached hydrogen (secondary N) is 1. The Morgan fingerprint density at radius 3 is 2.68 bits per heavy atom. The van der Waals surface area contributed by atoms with Crippen molar-refractivity contribution >= 4 is 17.7 Å². The summed E-state index contributed by atoms with van der Waals surface area (Å²) < 4.78 is 0. The molecule has 2 heterocycles. The van der Waals surface area contributed by atoms with Crippen LogP contribution in [-0.2, 0) is 4.79 Å². The Hall–Kier alpha value is -2.78. The second-order valence-electron chi connectivity index (χ2n) is 7.84. The molecule has 1 saturated heterocycles. The molecule has 2 aliphatic heterocycles. The highest BCUT2D eigenvalue weighted by molar-refractivity contribution is 8.03. The van der Waals surface area contributed by atoms with Crippen LogP contribution in [0.2, 0.25) is 0 Å². The first-order chi connectivity index (χ1) is 15.0. The summed E-state index contributed by atoms with van der Waals surface area (Å²) in [6.45, 7) is 4.07. The highest BCUT2D eigenvalue weighted by Crippen LogP contribution is 2.45. The minimum absolute atomic E-state index is 0.325. The zero-order valence-corrected chi connectivity index (χ0v) is 18.5. The number of thioether (sulfide) groups is 1. The highest BCUT2D eigenvalue weighted by Gasteiger charge is 2.48. The SMILES string of the molecule is CCC1(N2CCC[C@@H](CN)C2)C(C#N)=CNC(SC(C(N)=O)c2ccccc2)=C1C#N. The number of carbonyl (C=O) groups is 1. The van der Waals surface area contributed by atoms with Crippen LogP contribution in [0.5, 0.6) is 0 Å². The number of dihydropyridines is 1. The van der Waals surface area contributed by atoms with E-state index in [9.17, 15) is 15.3 Å². The van der Waals surface area contributed by atoms with Gasteiger partial charge in [0.2, 0.25) is 5.91 Å². The third-order valence-electron chi connectivity index (χ3n) is 6.17. The maximum Gasteiger partial charge on any atom is 0.235 e. The van der Waals surface area contributed by atoms with Gasteiger partial charge in [0.05, 0.1) is 33.9 Å². The predicted molar refractivity (Wildman–Crippen MR) is 122 cm³/mol. The van der Waals surface area contributed by atoms with Gasteiger partial charge in [-0.15, -0.1) is 0 Å². The molecule has 2 aliphatic rings. The molecule has 3 rings (SSSR count). The molecule has 0 spiro atoms. The molecule has 8 heteroatoms. The minimum atomic E-state index is -0.843. The standard InChI is InChI=1S/C23H28N6OS/c1-2-23(29-10-6-7-16(11-24)15-29)18(12-25)14-28-22(19(23)13-26)31-20(21(27)30)17-8-4-3-5-9-17/h3-5,8-9,14,16,20,28H,2,6-7,10-11,15,24H2,1H3,(H2,27,30)/t16-,20?,23?/m0/s1. The van der Waals surface area contributed by atoms with Gasteiger partial charge < -0.3 is 16.8 Å². The summed E-state index contributed by atoms with van der Waals surface area (Å²) in [5, 5.41) is 23.2. The lowest BCUT2D eigenvalue weighted by Gasteiger charge is -2.48. The lowest BCUT2D eigenvalue weighted by atomic mass is 9.76. The number of hydrogen-bond donors (Lipinski definition) is 3. The Morgan fingerprint density at radius 2 is 2.10 bits per heavy atom. The molecule has 2 unspecified atom stereocenters. The van der Waals surface area contributed by atoms with E-state index in [1.807, 2.05) is 37.3 Å². The van der Waals surface area contributed by atoms with E-state index in [0.29, 0.717) is 35.1 Å². The van der Waals surface area contributed by atoms with Crippen molar-refractivity contribution in [2.45, 2.75) is 37.0 Å². The number of piperidine rings is 1. The van der Waals surface area contributed by atoms with Gasteiger partial charge in [-0.25, -0.2) is 0 Å². The number of rotatable bonds is 7. The molecule has 0 bridgehead atoms. The summed E-state index contributed by atoms with van der Waals surface area (Å²) in [6.07, 6.45) is 4.24. The largest absolute Gasteiger partial charge is 0.368 e. The summed E-state index contributed by atoms with van der Waals surface area (Å²) in [4.78, 5) is 14.5. The van der Waals surface area contributed by atoms with Crippen LogP contribution in [0.4, 0.5) is 0 Å². The number of primary amides is 1. The number of amides is 1. The van der Waals surface area contributed by atoms with Crippen LogP contribution in [0.1, 0.15) is 37.0 Å². The fraction of sp³-hybridized carbons (Fsp3) is 0.435. The van der Waals surface area contributed by atoms with Crippen LogP contribution in [0, 0.1) is 28.6 Å². The third kappa shape index (κ3) is 4.33. The van der Waals surface area contributed by atoms with Gasteiger partial charge in [-0.3, -0.25) is 9.69 Å². The van der Waals surface area contributed by atoms with E-state index in [0.717, 1.165) is 31.5 Å². The Morgan fingerprint density at radius 1 is 1.35 bits per heavy atom. The Labute approximate surface area is 187 Å². The molecule has 31 heavy (non-hydrogen) atoms. The van der Waals surface area contributed by atoms with Crippen molar-refractivity contribution < 1.29 is 4.79 Å². The van der Waals surface area contributed by atoms with Gasteiger partial charge in [-0.05, 0) is 43.8 Å². The summed E-state index contributed by atoms with van der Waals surface area (Å²) >= 11 is 1.23. The summed E-state index contributed by atoms with van der Waals surface area (Å²) in [7, 11) is 0. The van der Waals surface area contributed by atoms with Crippen molar-refractivity contribution in [1.29, 1.82) is 10.5 Å². The van der Waals surface area contributed by atoms with E-state index in [2.05, 4.69) is 22.4 Å². The molecule has 0 aromatic heterocycles. The van der Waals surface area contributed by atoms with Gasteiger partial charge in [0, 0.05) is 12.7 Å². The number of nitrogens with two attached hydrogens (primary N) is 2. The van der Waals surface area contributed by atoms with Gasteiger partial charge in [0.15, 0.2) is 0 Å². The number of hydrogen-bond acceptors (Lipinski definition) is 7. The van der Waals surface area contributed by atoms with Crippen LogP contribution < -0.4 is 16.8 Å². The number of carbonyl (C=O) groups excluding carboxylic acids is 1. The number of nitriles is 2. The molecule has 162 valence electrons. The number of likely N-dealkylation sites (tertiary alicyclic amines) is 1. The van der Waals surface area contributed by atoms with Gasteiger partial charge in [0.25, 0.3) is 0 Å². The second-order valence-corrected chi connectivity index (χ2v) is 8.96. The molecule has 5 N–H and O–H groups in total. The van der Waals surface area contributed by atoms with Gasteiger partial charge in [0.1, 0.15) is 5.25 Å². The first kappa shape index (κ1) is 22.9. The minimum Gasteiger partial charge on any atom is -0.368 e. The van der Waals surface area contributed by atoms with Crippen LogP contribution >= 0.6 is 11.8 Å². The molecular weight excluding hydrogens is 408 g/mol. The molecule has 0 radical (unpaired) electrons. The van der Waals surface area contributed by atoms with Crippen molar-refractivity contribution in [3.05, 3.63) is 58.3 Å². The van der Waals surface area contributed by atoms with Crippen molar-refractivity contribution in [2.75, 3.05) is 19.6 Å². The van der Waals surface area contributed by atoms with E-state index < -0.39 is 16.7 Å². The molecule has 1 fully saturated rings. The maximum absolute atomic E-state index is 12.3. The van der Waals surface area contributed by atoms with E-state index in [1.54, 1.807) is 6.20 Å². The van der Waals surface area contributed by atoms with Gasteiger partial charge >= 0.3 is 0 Å². The molecule has 1 aromatic rings. The first-order valence-electron chi connectivity index (χ1n) is 10.5. The summed E-state index contributed by atoms with van der Waals surface area (Å²) in [5.74, 6) is -0.160. The fourth-order valence-corrected chi connectivity index (χ4v) is 5.68. The average Bonchev–Trinajstić information content (AvgIpc) is 2.82. The second kappa shape index (κ2) is 10.0. The first-order valence-corrected chi connectivity index (χ1v) is 11.4. The molecule has 7 nitrogen and oxygen atoms in total. The van der Waals surface area contributed by atoms with E-state index in [1.165, 1.54) is 11.8 Å². The van der Waals surface area contributed by atoms with Gasteiger partial charge in [-0.1, -0.05) is 49.0 Å². The van der Waals surface area contributed by atoms with Crippen molar-refractivity contribution in [1.82, 2.24) is 10.2 Å². The Kier molecular flexibility index (Phi) is 7.40. The zero-order chi connectivity index (χ0) is 22.4. The lowest BCUT2D eigenvalue weighted by Crippen LogP contribution is -2.57. The van der Waals surface area contributed by atoms with Crippen molar-refractivity contribution in [3.8, 4) is 12.1 Å². The number of nitrogens with zero attached hydrogens (tertiary/aromatic N) is 3. The molecule has 3 atom stereocenters. The zero-order valence-electron chi connectivity index (χ0n) is 17.7. The molecular formula is C23H28N6OS. The molecule has 0 saturated carbocycles. The number of benzene rings is 1. The maximum atomic E-state index is 12.3. The monoisotopic (exact) mass is 436 g/mol. The van der Waals surface area contributed by atoms with E-state index >= 15 is 0 Å². The van der Waals surface area contributed by atoms with Crippen LogP contribution in [0.3, 0.4) is 0 Å². The van der Waals surface area contributed by atoms with Crippen LogP contribution in [-0.4, -0.2) is 36.0 Å². The normalized spacial score (nSPS) is 25.0. The highest BCUT2D eigenvalue weighted by atomic mass is 32.2. The fourth-order valence-electron chi connectivity index (χ4n) is 4.57. The third-order valence-corrected chi connectivity index (χ3v) is 7.46. The summed E-state index contributed by atoms with van der Waals surface area (Å²) in [6, 6.07) is 13.9. The van der Waals surface area contributed by atoms with Crippen molar-refractivity contribution in [2.24, 2.45) is 17.4 Å². The van der Waals surface area contributed by atoms with Crippen LogP contribution in [0.15, 0.2) is 52.7 Å². The van der Waals surface area contributed by atoms with E-state index in [-0.39, 0.29) is 0 Å². The lowest BCUT2D eigenvalue weighted by molar-refractivity contribution is -0.117. The molecule has 0 aliphatic carbocycles. The van der Waals surface area contributed by atoms with Crippen molar-refractivity contribution in [3.63, 3.8) is 0 Å². The Balaban J connectivity index is 2.07.